The van der Waals surface area contributed by atoms with Crippen LogP contribution in [0.5, 0.6) is 0 Å². The third-order valence-corrected chi connectivity index (χ3v) is 5.25. The molecule has 5 nitrogen and oxygen atoms in total. The highest BCUT2D eigenvalue weighted by Gasteiger charge is 2.37. The lowest BCUT2D eigenvalue weighted by atomic mass is 9.92. The summed E-state index contributed by atoms with van der Waals surface area (Å²) < 4.78 is 7.64. The quantitative estimate of drug-likeness (QED) is 0.858. The molecule has 126 valence electrons. The predicted octanol–water partition coefficient (Wildman–Crippen LogP) is 2.11. The number of carbonyl (C=O) groups is 1. The number of likely N-dealkylation sites (tertiary alicyclic amines) is 1. The summed E-state index contributed by atoms with van der Waals surface area (Å²) in [5.41, 5.74) is 0.897. The van der Waals surface area contributed by atoms with E-state index in [4.69, 9.17) is 4.74 Å². The first kappa shape index (κ1) is 16.2. The molecule has 23 heavy (non-hydrogen) atoms. The molecule has 1 amide bonds. The first-order chi connectivity index (χ1) is 11.1. The van der Waals surface area contributed by atoms with Gasteiger partial charge in [0.1, 0.15) is 0 Å². The van der Waals surface area contributed by atoms with E-state index in [1.807, 2.05) is 17.9 Å². The van der Waals surface area contributed by atoms with E-state index in [-0.39, 0.29) is 17.1 Å². The van der Waals surface area contributed by atoms with Gasteiger partial charge in [-0.05, 0) is 45.1 Å². The Kier molecular flexibility index (Phi) is 4.85. The van der Waals surface area contributed by atoms with Gasteiger partial charge in [-0.2, -0.15) is 0 Å². The molecule has 1 spiro atoms. The molecule has 2 aliphatic rings. The van der Waals surface area contributed by atoms with Crippen LogP contribution in [0.25, 0.3) is 0 Å². The summed E-state index contributed by atoms with van der Waals surface area (Å²) >= 11 is 0. The summed E-state index contributed by atoms with van der Waals surface area (Å²) in [5.74, 6) is 0.148. The van der Waals surface area contributed by atoms with E-state index in [1.54, 1.807) is 16.7 Å². The van der Waals surface area contributed by atoms with Crippen LogP contribution in [0.1, 0.15) is 44.2 Å². The summed E-state index contributed by atoms with van der Waals surface area (Å²) in [6.07, 6.45) is 5.68. The standard InChI is InChI=1S/C18H26N2O3/c1-15-5-2-6-17(22)20(15)12-7-16(21)19-11-3-8-18(10-13-19)9-4-14-23-18/h2,5-6H,3-4,7-14H2,1H3. The normalized spacial score (nSPS) is 24.8. The molecule has 1 aromatic rings. The van der Waals surface area contributed by atoms with Crippen LogP contribution in [0.15, 0.2) is 23.0 Å². The van der Waals surface area contributed by atoms with Crippen LogP contribution in [0.3, 0.4) is 0 Å². The molecule has 0 radical (unpaired) electrons. The minimum atomic E-state index is -0.0352. The van der Waals surface area contributed by atoms with Crippen LogP contribution in [0, 0.1) is 6.92 Å². The van der Waals surface area contributed by atoms with E-state index < -0.39 is 0 Å². The van der Waals surface area contributed by atoms with Crippen LogP contribution in [-0.4, -0.2) is 40.7 Å². The Labute approximate surface area is 137 Å². The number of aromatic nitrogens is 1. The van der Waals surface area contributed by atoms with E-state index in [0.717, 1.165) is 57.5 Å². The van der Waals surface area contributed by atoms with Gasteiger partial charge in [0.15, 0.2) is 0 Å². The van der Waals surface area contributed by atoms with Gasteiger partial charge in [-0.1, -0.05) is 6.07 Å². The number of ether oxygens (including phenoxy) is 1. The van der Waals surface area contributed by atoms with Crippen molar-refractivity contribution in [2.24, 2.45) is 0 Å². The first-order valence-electron chi connectivity index (χ1n) is 8.68. The Morgan fingerprint density at radius 1 is 1.22 bits per heavy atom. The fourth-order valence-electron chi connectivity index (χ4n) is 3.84. The van der Waals surface area contributed by atoms with Crippen LogP contribution in [-0.2, 0) is 16.1 Å². The third-order valence-electron chi connectivity index (χ3n) is 5.25. The molecule has 3 rings (SSSR count). The number of carbonyl (C=O) groups excluding carboxylic acids is 1. The molecule has 0 N–H and O–H groups in total. The Morgan fingerprint density at radius 2 is 2.04 bits per heavy atom. The smallest absolute Gasteiger partial charge is 0.250 e. The summed E-state index contributed by atoms with van der Waals surface area (Å²) in [4.78, 5) is 26.4. The summed E-state index contributed by atoms with van der Waals surface area (Å²) in [5, 5.41) is 0. The molecule has 1 aromatic heterocycles. The van der Waals surface area contributed by atoms with E-state index in [0.29, 0.717) is 13.0 Å². The molecular formula is C18H26N2O3. The Hall–Kier alpha value is -1.62. The topological polar surface area (TPSA) is 51.5 Å². The molecule has 1 unspecified atom stereocenters. The fraction of sp³-hybridized carbons (Fsp3) is 0.667. The number of pyridine rings is 1. The molecule has 0 bridgehead atoms. The molecule has 2 aliphatic heterocycles. The first-order valence-corrected chi connectivity index (χ1v) is 8.68. The van der Waals surface area contributed by atoms with Gasteiger partial charge >= 0.3 is 0 Å². The third kappa shape index (κ3) is 3.66. The maximum absolute atomic E-state index is 12.5. The van der Waals surface area contributed by atoms with E-state index >= 15 is 0 Å². The largest absolute Gasteiger partial charge is 0.375 e. The lowest BCUT2D eigenvalue weighted by Gasteiger charge is -2.27. The number of hydrogen-bond donors (Lipinski definition) is 0. The SMILES string of the molecule is Cc1cccc(=O)n1CCC(=O)N1CCCC2(CCCO2)CC1. The van der Waals surface area contributed by atoms with Crippen molar-refractivity contribution in [3.05, 3.63) is 34.2 Å². The average Bonchev–Trinajstić information content (AvgIpc) is 2.87. The van der Waals surface area contributed by atoms with Crippen molar-refractivity contribution in [2.45, 2.75) is 57.6 Å². The maximum atomic E-state index is 12.5. The van der Waals surface area contributed by atoms with Crippen molar-refractivity contribution in [1.29, 1.82) is 0 Å². The van der Waals surface area contributed by atoms with Gasteiger partial charge in [-0.15, -0.1) is 0 Å². The van der Waals surface area contributed by atoms with Gasteiger partial charge < -0.3 is 14.2 Å². The molecule has 0 aromatic carbocycles. The fourth-order valence-corrected chi connectivity index (χ4v) is 3.84. The number of hydrogen-bond acceptors (Lipinski definition) is 3. The Bertz CT molecular complexity index is 617. The summed E-state index contributed by atoms with van der Waals surface area (Å²) in [7, 11) is 0. The van der Waals surface area contributed by atoms with Gasteiger partial charge in [-0.25, -0.2) is 0 Å². The molecule has 5 heteroatoms. The molecule has 0 saturated carbocycles. The van der Waals surface area contributed by atoms with Crippen molar-refractivity contribution in [2.75, 3.05) is 19.7 Å². The van der Waals surface area contributed by atoms with E-state index in [1.165, 1.54) is 0 Å². The van der Waals surface area contributed by atoms with Crippen molar-refractivity contribution in [3.63, 3.8) is 0 Å². The van der Waals surface area contributed by atoms with Crippen LogP contribution < -0.4 is 5.56 Å². The molecular weight excluding hydrogens is 292 g/mol. The molecule has 3 heterocycles. The van der Waals surface area contributed by atoms with Crippen LogP contribution in [0.4, 0.5) is 0 Å². The molecule has 2 fully saturated rings. The van der Waals surface area contributed by atoms with Crippen molar-refractivity contribution >= 4 is 5.91 Å². The number of nitrogens with zero attached hydrogens (tertiary/aromatic N) is 2. The van der Waals surface area contributed by atoms with Crippen molar-refractivity contribution < 1.29 is 9.53 Å². The summed E-state index contributed by atoms with van der Waals surface area (Å²) in [6.45, 7) is 4.82. The monoisotopic (exact) mass is 318 g/mol. The van der Waals surface area contributed by atoms with E-state index in [9.17, 15) is 9.59 Å². The summed E-state index contributed by atoms with van der Waals surface area (Å²) in [6, 6.07) is 5.20. The van der Waals surface area contributed by atoms with Crippen LogP contribution in [0.2, 0.25) is 0 Å². The highest BCUT2D eigenvalue weighted by atomic mass is 16.5. The van der Waals surface area contributed by atoms with Gasteiger partial charge in [0, 0.05) is 44.4 Å². The zero-order valence-corrected chi connectivity index (χ0v) is 13.9. The Balaban J connectivity index is 1.57. The van der Waals surface area contributed by atoms with Crippen molar-refractivity contribution in [3.8, 4) is 0 Å². The van der Waals surface area contributed by atoms with Gasteiger partial charge in [0.2, 0.25) is 5.91 Å². The van der Waals surface area contributed by atoms with Crippen LogP contribution >= 0.6 is 0 Å². The zero-order chi connectivity index (χ0) is 16.3. The van der Waals surface area contributed by atoms with Gasteiger partial charge in [0.05, 0.1) is 5.60 Å². The zero-order valence-electron chi connectivity index (χ0n) is 13.9. The lowest BCUT2D eigenvalue weighted by molar-refractivity contribution is -0.131. The van der Waals surface area contributed by atoms with Gasteiger partial charge in [-0.3, -0.25) is 9.59 Å². The highest BCUT2D eigenvalue weighted by Crippen LogP contribution is 2.35. The number of amides is 1. The second kappa shape index (κ2) is 6.87. The number of aryl methyl sites for hydroxylation is 1. The lowest BCUT2D eigenvalue weighted by Crippen LogP contribution is -2.35. The second-order valence-corrected chi connectivity index (χ2v) is 6.78. The molecule has 1 atom stereocenters. The molecule has 0 aliphatic carbocycles. The Morgan fingerprint density at radius 3 is 2.78 bits per heavy atom. The van der Waals surface area contributed by atoms with Crippen molar-refractivity contribution in [1.82, 2.24) is 9.47 Å². The minimum Gasteiger partial charge on any atom is -0.375 e. The van der Waals surface area contributed by atoms with Gasteiger partial charge in [0.25, 0.3) is 5.56 Å². The number of rotatable bonds is 3. The average molecular weight is 318 g/mol. The second-order valence-electron chi connectivity index (χ2n) is 6.78. The predicted molar refractivity (Wildman–Crippen MR) is 88.4 cm³/mol. The molecule has 2 saturated heterocycles. The van der Waals surface area contributed by atoms with E-state index in [2.05, 4.69) is 0 Å². The minimum absolute atomic E-state index is 0.0297. The maximum Gasteiger partial charge on any atom is 0.250 e. The highest BCUT2D eigenvalue weighted by molar-refractivity contribution is 5.76.